The van der Waals surface area contributed by atoms with Crippen LogP contribution in [0.25, 0.3) is 0 Å². The van der Waals surface area contributed by atoms with Gasteiger partial charge in [0.25, 0.3) is 0 Å². The average molecular weight is 281 g/mol. The summed E-state index contributed by atoms with van der Waals surface area (Å²) in [5.41, 5.74) is 5.51. The summed E-state index contributed by atoms with van der Waals surface area (Å²) in [5.74, 6) is -3.62. The Balaban J connectivity index is 2.09. The summed E-state index contributed by atoms with van der Waals surface area (Å²) < 4.78 is 43.5. The second-order valence-electron chi connectivity index (χ2n) is 4.06. The first kappa shape index (κ1) is 13.9. The molecule has 104 valence electrons. The Hall–Kier alpha value is -2.50. The van der Waals surface area contributed by atoms with Crippen molar-refractivity contribution >= 4 is 11.7 Å². The fraction of sp³-hybridized carbons (Fsp3) is 0.0714. The van der Waals surface area contributed by atoms with Crippen molar-refractivity contribution in [2.24, 2.45) is 0 Å². The van der Waals surface area contributed by atoms with Gasteiger partial charge in [0.15, 0.2) is 11.6 Å². The van der Waals surface area contributed by atoms with Gasteiger partial charge in [-0.2, -0.15) is 0 Å². The SMILES string of the molecule is Nc1cc(F)c(F)cc1C(=O)OCc1ccc(F)cc1. The number of nitrogens with two attached hydrogens (primary N) is 1. The van der Waals surface area contributed by atoms with Crippen LogP contribution in [0, 0.1) is 17.5 Å². The number of hydrogen-bond acceptors (Lipinski definition) is 3. The molecule has 2 aromatic rings. The molecule has 0 saturated heterocycles. The predicted molar refractivity (Wildman–Crippen MR) is 66.3 cm³/mol. The monoisotopic (exact) mass is 281 g/mol. The fourth-order valence-electron chi connectivity index (χ4n) is 1.55. The van der Waals surface area contributed by atoms with Crippen LogP contribution in [0.1, 0.15) is 15.9 Å². The molecule has 0 fully saturated rings. The lowest BCUT2D eigenvalue weighted by atomic mass is 10.1. The van der Waals surface area contributed by atoms with E-state index in [1.165, 1.54) is 24.3 Å². The molecule has 0 aliphatic rings. The molecule has 0 unspecified atom stereocenters. The molecule has 0 bridgehead atoms. The molecule has 0 saturated carbocycles. The number of esters is 1. The third kappa shape index (κ3) is 3.09. The number of halogens is 3. The molecule has 6 heteroatoms. The highest BCUT2D eigenvalue weighted by molar-refractivity contribution is 5.95. The standard InChI is InChI=1S/C14H10F3NO2/c15-9-3-1-8(2-4-9)7-20-14(19)10-5-11(16)12(17)6-13(10)18/h1-6H,7,18H2. The molecule has 0 aliphatic carbocycles. The van der Waals surface area contributed by atoms with E-state index in [4.69, 9.17) is 10.5 Å². The highest BCUT2D eigenvalue weighted by Crippen LogP contribution is 2.18. The quantitative estimate of drug-likeness (QED) is 0.695. The first-order chi connectivity index (χ1) is 9.47. The molecule has 0 spiro atoms. The van der Waals surface area contributed by atoms with Crippen LogP contribution >= 0.6 is 0 Å². The van der Waals surface area contributed by atoms with Crippen LogP contribution in [-0.2, 0) is 11.3 Å². The molecular weight excluding hydrogens is 271 g/mol. The van der Waals surface area contributed by atoms with Crippen molar-refractivity contribution in [3.8, 4) is 0 Å². The summed E-state index contributed by atoms with van der Waals surface area (Å²) in [6, 6.07) is 6.71. The fourth-order valence-corrected chi connectivity index (χ4v) is 1.55. The van der Waals surface area contributed by atoms with E-state index in [9.17, 15) is 18.0 Å². The molecule has 2 aromatic carbocycles. The summed E-state index contributed by atoms with van der Waals surface area (Å²) in [5, 5.41) is 0. The third-order valence-corrected chi connectivity index (χ3v) is 2.60. The van der Waals surface area contributed by atoms with E-state index in [1.807, 2.05) is 0 Å². The molecule has 0 atom stereocenters. The Bertz CT molecular complexity index is 642. The first-order valence-electron chi connectivity index (χ1n) is 5.63. The van der Waals surface area contributed by atoms with Crippen molar-refractivity contribution in [3.05, 3.63) is 65.0 Å². The lowest BCUT2D eigenvalue weighted by Crippen LogP contribution is -2.09. The van der Waals surface area contributed by atoms with Crippen LogP contribution in [0.15, 0.2) is 36.4 Å². The molecule has 0 aliphatic heterocycles. The van der Waals surface area contributed by atoms with E-state index in [2.05, 4.69) is 0 Å². The van der Waals surface area contributed by atoms with E-state index >= 15 is 0 Å². The summed E-state index contributed by atoms with van der Waals surface area (Å²) in [6.07, 6.45) is 0. The number of carbonyl (C=O) groups excluding carboxylic acids is 1. The molecule has 0 heterocycles. The molecule has 0 radical (unpaired) electrons. The first-order valence-corrected chi connectivity index (χ1v) is 5.63. The van der Waals surface area contributed by atoms with Gasteiger partial charge in [0.1, 0.15) is 12.4 Å². The minimum atomic E-state index is -1.19. The van der Waals surface area contributed by atoms with Crippen LogP contribution in [0.5, 0.6) is 0 Å². The summed E-state index contributed by atoms with van der Waals surface area (Å²) in [7, 11) is 0. The summed E-state index contributed by atoms with van der Waals surface area (Å²) in [6.45, 7) is -0.127. The Kier molecular flexibility index (Phi) is 3.93. The molecule has 20 heavy (non-hydrogen) atoms. The minimum Gasteiger partial charge on any atom is -0.457 e. The van der Waals surface area contributed by atoms with E-state index in [0.717, 1.165) is 0 Å². The normalized spacial score (nSPS) is 10.3. The molecule has 0 aromatic heterocycles. The number of carbonyl (C=O) groups is 1. The van der Waals surface area contributed by atoms with Crippen molar-refractivity contribution in [1.29, 1.82) is 0 Å². The Morgan fingerprint density at radius 1 is 1.05 bits per heavy atom. The topological polar surface area (TPSA) is 52.3 Å². The number of nitrogen functional groups attached to an aromatic ring is 1. The van der Waals surface area contributed by atoms with Crippen LogP contribution in [-0.4, -0.2) is 5.97 Å². The number of benzene rings is 2. The second kappa shape index (κ2) is 5.64. The molecule has 0 amide bonds. The number of ether oxygens (including phenoxy) is 1. The predicted octanol–water partition coefficient (Wildman–Crippen LogP) is 3.04. The lowest BCUT2D eigenvalue weighted by molar-refractivity contribution is 0.0473. The number of hydrogen-bond donors (Lipinski definition) is 1. The average Bonchev–Trinajstić information content (AvgIpc) is 2.42. The van der Waals surface area contributed by atoms with Gasteiger partial charge >= 0.3 is 5.97 Å². The second-order valence-corrected chi connectivity index (χ2v) is 4.06. The zero-order valence-corrected chi connectivity index (χ0v) is 10.2. The Morgan fingerprint density at radius 3 is 2.30 bits per heavy atom. The van der Waals surface area contributed by atoms with Gasteiger partial charge in [-0.05, 0) is 23.8 Å². The van der Waals surface area contributed by atoms with Crippen LogP contribution in [0.4, 0.5) is 18.9 Å². The van der Waals surface area contributed by atoms with Gasteiger partial charge in [-0.1, -0.05) is 12.1 Å². The molecular formula is C14H10F3NO2. The smallest absolute Gasteiger partial charge is 0.340 e. The van der Waals surface area contributed by atoms with Gasteiger partial charge in [-0.25, -0.2) is 18.0 Å². The van der Waals surface area contributed by atoms with Crippen LogP contribution in [0.2, 0.25) is 0 Å². The van der Waals surface area contributed by atoms with Gasteiger partial charge in [-0.15, -0.1) is 0 Å². The van der Waals surface area contributed by atoms with Gasteiger partial charge in [0.2, 0.25) is 0 Å². The zero-order chi connectivity index (χ0) is 14.7. The minimum absolute atomic E-state index is 0.127. The van der Waals surface area contributed by atoms with Crippen molar-refractivity contribution in [3.63, 3.8) is 0 Å². The maximum absolute atomic E-state index is 13.0. The molecule has 3 nitrogen and oxygen atoms in total. The van der Waals surface area contributed by atoms with Gasteiger partial charge in [-0.3, -0.25) is 0 Å². The molecule has 2 N–H and O–H groups in total. The van der Waals surface area contributed by atoms with Crippen LogP contribution < -0.4 is 5.73 Å². The third-order valence-electron chi connectivity index (χ3n) is 2.60. The van der Waals surface area contributed by atoms with Gasteiger partial charge in [0.05, 0.1) is 5.56 Å². The van der Waals surface area contributed by atoms with E-state index in [-0.39, 0.29) is 17.9 Å². The van der Waals surface area contributed by atoms with Gasteiger partial charge in [0, 0.05) is 11.8 Å². The number of anilines is 1. The van der Waals surface area contributed by atoms with Gasteiger partial charge < -0.3 is 10.5 Å². The lowest BCUT2D eigenvalue weighted by Gasteiger charge is -2.07. The highest BCUT2D eigenvalue weighted by Gasteiger charge is 2.15. The summed E-state index contributed by atoms with van der Waals surface area (Å²) >= 11 is 0. The van der Waals surface area contributed by atoms with Crippen molar-refractivity contribution in [2.75, 3.05) is 5.73 Å². The number of rotatable bonds is 3. The maximum Gasteiger partial charge on any atom is 0.340 e. The maximum atomic E-state index is 13.0. The molecule has 2 rings (SSSR count). The van der Waals surface area contributed by atoms with Crippen molar-refractivity contribution in [1.82, 2.24) is 0 Å². The van der Waals surface area contributed by atoms with Crippen molar-refractivity contribution < 1.29 is 22.7 Å². The van der Waals surface area contributed by atoms with E-state index in [0.29, 0.717) is 17.7 Å². The Morgan fingerprint density at radius 2 is 1.65 bits per heavy atom. The summed E-state index contributed by atoms with van der Waals surface area (Å²) in [4.78, 5) is 11.7. The largest absolute Gasteiger partial charge is 0.457 e. The highest BCUT2D eigenvalue weighted by atomic mass is 19.2. The Labute approximate surface area is 112 Å². The van der Waals surface area contributed by atoms with Crippen LogP contribution in [0.3, 0.4) is 0 Å². The van der Waals surface area contributed by atoms with Crippen molar-refractivity contribution in [2.45, 2.75) is 6.61 Å². The van der Waals surface area contributed by atoms with E-state index in [1.54, 1.807) is 0 Å². The van der Waals surface area contributed by atoms with E-state index < -0.39 is 23.4 Å². The zero-order valence-electron chi connectivity index (χ0n) is 10.2.